The molecule has 1 aromatic rings. The molecular weight excluding hydrogens is 201 g/mol. The molecule has 0 radical (unpaired) electrons. The van der Waals surface area contributed by atoms with Crippen molar-refractivity contribution in [2.75, 3.05) is 0 Å². The van der Waals surface area contributed by atoms with E-state index in [-0.39, 0.29) is 16.9 Å². The molecule has 0 heterocycles. The molecule has 15 heavy (non-hydrogen) atoms. The van der Waals surface area contributed by atoms with Gasteiger partial charge in [-0.3, -0.25) is 10.1 Å². The van der Waals surface area contributed by atoms with E-state index in [9.17, 15) is 14.5 Å². The molecule has 0 bridgehead atoms. The number of hydrogen-bond donors (Lipinski definition) is 1. The van der Waals surface area contributed by atoms with Gasteiger partial charge in [0.1, 0.15) is 5.82 Å². The lowest BCUT2D eigenvalue weighted by Gasteiger charge is -2.01. The maximum atomic E-state index is 12.8. The second-order valence-electron chi connectivity index (χ2n) is 2.65. The Bertz CT molecular complexity index is 477. The predicted molar refractivity (Wildman–Crippen MR) is 50.8 cm³/mol. The van der Waals surface area contributed by atoms with Crippen LogP contribution in [0, 0.1) is 27.3 Å². The number of nitrogens with zero attached hydrogens (tertiary/aromatic N) is 2. The van der Waals surface area contributed by atoms with Gasteiger partial charge >= 0.3 is 0 Å². The summed E-state index contributed by atoms with van der Waals surface area (Å²) in [5.41, 5.74) is 4.82. The van der Waals surface area contributed by atoms with E-state index in [1.54, 1.807) is 6.07 Å². The van der Waals surface area contributed by atoms with Crippen LogP contribution in [0.5, 0.6) is 0 Å². The van der Waals surface area contributed by atoms with Crippen molar-refractivity contribution >= 4 is 11.4 Å². The Hall–Kier alpha value is -2.42. The van der Waals surface area contributed by atoms with Gasteiger partial charge in [0, 0.05) is 12.1 Å². The Morgan fingerprint density at radius 1 is 1.67 bits per heavy atom. The number of hydrogen-bond acceptors (Lipinski definition) is 4. The molecule has 0 aliphatic carbocycles. The van der Waals surface area contributed by atoms with Crippen LogP contribution in [0.25, 0.3) is 5.70 Å². The molecule has 0 aromatic heterocycles. The van der Waals surface area contributed by atoms with Crippen LogP contribution in [-0.4, -0.2) is 4.92 Å². The molecule has 5 nitrogen and oxygen atoms in total. The average molecular weight is 207 g/mol. The lowest BCUT2D eigenvalue weighted by atomic mass is 10.1. The highest BCUT2D eigenvalue weighted by molar-refractivity contribution is 5.72. The topological polar surface area (TPSA) is 93.0 Å². The normalized spacial score (nSPS) is 10.8. The Morgan fingerprint density at radius 3 is 2.87 bits per heavy atom. The molecule has 0 saturated heterocycles. The summed E-state index contributed by atoms with van der Waals surface area (Å²) in [6.07, 6.45) is 0.918. The first kappa shape index (κ1) is 10.7. The van der Waals surface area contributed by atoms with Crippen molar-refractivity contribution in [2.45, 2.75) is 0 Å². The summed E-state index contributed by atoms with van der Waals surface area (Å²) in [5.74, 6) is -0.648. The molecule has 1 rings (SSSR count). The van der Waals surface area contributed by atoms with Crippen molar-refractivity contribution < 1.29 is 9.31 Å². The Balaban J connectivity index is 3.38. The van der Waals surface area contributed by atoms with Gasteiger partial charge in [-0.05, 0) is 12.1 Å². The summed E-state index contributed by atoms with van der Waals surface area (Å²) in [6.45, 7) is 0. The van der Waals surface area contributed by atoms with E-state index in [1.165, 1.54) is 0 Å². The quantitative estimate of drug-likeness (QED) is 0.452. The maximum absolute atomic E-state index is 12.8. The third-order valence-corrected chi connectivity index (χ3v) is 1.69. The molecule has 0 amide bonds. The molecule has 0 aliphatic heterocycles. The number of halogens is 1. The summed E-state index contributed by atoms with van der Waals surface area (Å²) >= 11 is 0. The summed E-state index contributed by atoms with van der Waals surface area (Å²) in [4.78, 5) is 9.87. The summed E-state index contributed by atoms with van der Waals surface area (Å²) in [7, 11) is 0. The first-order valence-corrected chi connectivity index (χ1v) is 3.86. The highest BCUT2D eigenvalue weighted by atomic mass is 19.1. The Kier molecular flexibility index (Phi) is 2.98. The third kappa shape index (κ3) is 2.28. The maximum Gasteiger partial charge on any atom is 0.278 e. The van der Waals surface area contributed by atoms with Gasteiger partial charge in [-0.15, -0.1) is 0 Å². The van der Waals surface area contributed by atoms with Gasteiger partial charge in [-0.2, -0.15) is 5.26 Å². The van der Waals surface area contributed by atoms with Gasteiger partial charge in [0.05, 0.1) is 22.3 Å². The molecule has 0 spiro atoms. The van der Waals surface area contributed by atoms with Crippen molar-refractivity contribution in [1.29, 1.82) is 5.26 Å². The van der Waals surface area contributed by atoms with Gasteiger partial charge in [-0.1, -0.05) is 0 Å². The van der Waals surface area contributed by atoms with E-state index in [4.69, 9.17) is 11.0 Å². The van der Waals surface area contributed by atoms with E-state index in [0.717, 1.165) is 24.3 Å². The van der Waals surface area contributed by atoms with Gasteiger partial charge in [0.15, 0.2) is 0 Å². The molecule has 0 saturated carbocycles. The molecule has 2 N–H and O–H groups in total. The van der Waals surface area contributed by atoms with Crippen molar-refractivity contribution in [3.05, 3.63) is 45.8 Å². The van der Waals surface area contributed by atoms with Crippen molar-refractivity contribution in [2.24, 2.45) is 5.73 Å². The van der Waals surface area contributed by atoms with Crippen molar-refractivity contribution in [3.8, 4) is 6.07 Å². The molecule has 0 aliphatic rings. The predicted octanol–water partition coefficient (Wildman–Crippen LogP) is 1.56. The number of nitro groups is 1. The molecule has 0 atom stereocenters. The molecule has 0 fully saturated rings. The molecule has 1 aromatic carbocycles. The van der Waals surface area contributed by atoms with Crippen LogP contribution in [-0.2, 0) is 0 Å². The summed E-state index contributed by atoms with van der Waals surface area (Å²) in [6, 6.07) is 4.50. The highest BCUT2D eigenvalue weighted by Crippen LogP contribution is 2.23. The summed E-state index contributed by atoms with van der Waals surface area (Å²) < 4.78 is 12.8. The minimum absolute atomic E-state index is 0.0958. The second kappa shape index (κ2) is 4.19. The van der Waals surface area contributed by atoms with E-state index >= 15 is 0 Å². The fraction of sp³-hybridized carbons (Fsp3) is 0. The van der Waals surface area contributed by atoms with E-state index in [1.807, 2.05) is 0 Å². The Labute approximate surface area is 84.4 Å². The highest BCUT2D eigenvalue weighted by Gasteiger charge is 2.15. The van der Waals surface area contributed by atoms with Gasteiger partial charge in [-0.25, -0.2) is 4.39 Å². The molecular formula is C9H6FN3O2. The molecule has 6 heteroatoms. The van der Waals surface area contributed by atoms with Gasteiger partial charge in [0.25, 0.3) is 5.69 Å². The van der Waals surface area contributed by atoms with Crippen LogP contribution in [0.2, 0.25) is 0 Å². The minimum atomic E-state index is -0.688. The zero-order chi connectivity index (χ0) is 11.4. The van der Waals surface area contributed by atoms with Crippen molar-refractivity contribution in [3.63, 3.8) is 0 Å². The smallest absolute Gasteiger partial charge is 0.278 e. The molecule has 76 valence electrons. The van der Waals surface area contributed by atoms with Crippen LogP contribution >= 0.6 is 0 Å². The minimum Gasteiger partial charge on any atom is -0.397 e. The Morgan fingerprint density at radius 2 is 2.33 bits per heavy atom. The third-order valence-electron chi connectivity index (χ3n) is 1.69. The number of benzene rings is 1. The van der Waals surface area contributed by atoms with Crippen LogP contribution in [0.1, 0.15) is 5.56 Å². The van der Waals surface area contributed by atoms with E-state index in [2.05, 4.69) is 0 Å². The van der Waals surface area contributed by atoms with Crippen LogP contribution < -0.4 is 5.73 Å². The van der Waals surface area contributed by atoms with Gasteiger partial charge in [0.2, 0.25) is 0 Å². The number of allylic oxidation sites excluding steroid dienone is 1. The lowest BCUT2D eigenvalue weighted by Crippen LogP contribution is -2.01. The number of nitrogens with two attached hydrogens (primary N) is 1. The first-order chi connectivity index (χ1) is 7.06. The SMILES string of the molecule is N#C/C=C(/N)c1cc(F)ccc1[N+](=O)[O-]. The van der Waals surface area contributed by atoms with Crippen LogP contribution in [0.4, 0.5) is 10.1 Å². The van der Waals surface area contributed by atoms with Crippen molar-refractivity contribution in [1.82, 2.24) is 0 Å². The number of rotatable bonds is 2. The van der Waals surface area contributed by atoms with Crippen LogP contribution in [0.3, 0.4) is 0 Å². The number of nitriles is 1. The van der Waals surface area contributed by atoms with E-state index in [0.29, 0.717) is 0 Å². The summed E-state index contributed by atoms with van der Waals surface area (Å²) in [5, 5.41) is 18.9. The second-order valence-corrected chi connectivity index (χ2v) is 2.65. The standard InChI is InChI=1S/C9H6FN3O2/c10-6-1-2-9(13(14)15)7(5-6)8(12)3-4-11/h1-3,5H,12H2/b8-3+. The van der Waals surface area contributed by atoms with E-state index < -0.39 is 10.7 Å². The largest absolute Gasteiger partial charge is 0.397 e. The monoisotopic (exact) mass is 207 g/mol. The zero-order valence-corrected chi connectivity index (χ0v) is 7.48. The fourth-order valence-corrected chi connectivity index (χ4v) is 1.05. The fourth-order valence-electron chi connectivity index (χ4n) is 1.05. The first-order valence-electron chi connectivity index (χ1n) is 3.86. The lowest BCUT2D eigenvalue weighted by molar-refractivity contribution is -0.385. The molecule has 0 unspecified atom stereocenters. The average Bonchev–Trinajstić information content (AvgIpc) is 2.17. The zero-order valence-electron chi connectivity index (χ0n) is 7.48. The van der Waals surface area contributed by atoms with Crippen LogP contribution in [0.15, 0.2) is 24.3 Å². The van der Waals surface area contributed by atoms with Gasteiger partial charge < -0.3 is 5.73 Å². The number of nitro benzene ring substituents is 1.